The van der Waals surface area contributed by atoms with Gasteiger partial charge in [0.2, 0.25) is 0 Å². The fourth-order valence-corrected chi connectivity index (χ4v) is 3.35. The van der Waals surface area contributed by atoms with E-state index < -0.39 is 0 Å². The minimum atomic E-state index is 0.0952. The molecule has 1 aromatic carbocycles. The number of hydrogen-bond acceptors (Lipinski definition) is 4. The highest BCUT2D eigenvalue weighted by Gasteiger charge is 2.18. The Morgan fingerprint density at radius 3 is 2.60 bits per heavy atom. The maximum Gasteiger partial charge on any atom is 0.123 e. The molecule has 0 saturated carbocycles. The number of nitrogens with zero attached hydrogens (tertiary/aromatic N) is 1. The van der Waals surface area contributed by atoms with E-state index in [0.29, 0.717) is 0 Å². The Kier molecular flexibility index (Phi) is 5.71. The predicted octanol–water partition coefficient (Wildman–Crippen LogP) is 4.02. The van der Waals surface area contributed by atoms with E-state index in [9.17, 15) is 0 Å². The predicted molar refractivity (Wildman–Crippen MR) is 85.0 cm³/mol. The second-order valence-corrected chi connectivity index (χ2v) is 5.72. The smallest absolute Gasteiger partial charge is 0.123 e. The van der Waals surface area contributed by atoms with Crippen LogP contribution in [0.15, 0.2) is 30.3 Å². The van der Waals surface area contributed by atoms with E-state index in [1.54, 1.807) is 18.4 Å². The molecule has 3 nitrogen and oxygen atoms in total. The summed E-state index contributed by atoms with van der Waals surface area (Å²) in [5, 5.41) is 4.46. The summed E-state index contributed by atoms with van der Waals surface area (Å²) in [7, 11) is 1.75. The van der Waals surface area contributed by atoms with Crippen molar-refractivity contribution in [3.63, 3.8) is 0 Å². The monoisotopic (exact) mass is 290 g/mol. The lowest BCUT2D eigenvalue weighted by Crippen LogP contribution is -2.11. The van der Waals surface area contributed by atoms with Crippen LogP contribution in [-0.4, -0.2) is 18.6 Å². The highest BCUT2D eigenvalue weighted by atomic mass is 32.1. The summed E-state index contributed by atoms with van der Waals surface area (Å²) in [4.78, 5) is 6.11. The Morgan fingerprint density at radius 1 is 1.25 bits per heavy atom. The van der Waals surface area contributed by atoms with Crippen LogP contribution in [0.1, 0.15) is 36.3 Å². The molecule has 1 unspecified atom stereocenters. The SMILES string of the molecule is CCNCc1sc(C(CC)OC)nc1-c1ccccc1. The lowest BCUT2D eigenvalue weighted by Gasteiger charge is -2.08. The van der Waals surface area contributed by atoms with Crippen molar-refractivity contribution in [1.82, 2.24) is 10.3 Å². The van der Waals surface area contributed by atoms with Gasteiger partial charge in [0.05, 0.1) is 5.69 Å². The maximum atomic E-state index is 5.52. The van der Waals surface area contributed by atoms with Crippen molar-refractivity contribution in [3.8, 4) is 11.3 Å². The summed E-state index contributed by atoms with van der Waals surface area (Å²) >= 11 is 1.75. The van der Waals surface area contributed by atoms with Crippen molar-refractivity contribution in [2.75, 3.05) is 13.7 Å². The Morgan fingerprint density at radius 2 is 2.00 bits per heavy atom. The van der Waals surface area contributed by atoms with Crippen molar-refractivity contribution in [2.24, 2.45) is 0 Å². The lowest BCUT2D eigenvalue weighted by atomic mass is 10.1. The Labute approximate surface area is 125 Å². The summed E-state index contributed by atoms with van der Waals surface area (Å²) in [5.41, 5.74) is 2.26. The van der Waals surface area contributed by atoms with Gasteiger partial charge in [0.25, 0.3) is 0 Å². The third-order valence-corrected chi connectivity index (χ3v) is 4.37. The molecule has 0 radical (unpaired) electrons. The lowest BCUT2D eigenvalue weighted by molar-refractivity contribution is 0.0998. The van der Waals surface area contributed by atoms with E-state index in [-0.39, 0.29) is 6.10 Å². The largest absolute Gasteiger partial charge is 0.374 e. The summed E-state index contributed by atoms with van der Waals surface area (Å²) in [6.07, 6.45) is 1.04. The van der Waals surface area contributed by atoms with Crippen molar-refractivity contribution < 1.29 is 4.74 Å². The molecule has 2 rings (SSSR count). The molecule has 0 aliphatic carbocycles. The fourth-order valence-electron chi connectivity index (χ4n) is 2.13. The first-order valence-electron chi connectivity index (χ1n) is 7.08. The summed E-state index contributed by atoms with van der Waals surface area (Å²) in [6.45, 7) is 6.07. The minimum Gasteiger partial charge on any atom is -0.374 e. The average Bonchev–Trinajstić information content (AvgIpc) is 2.91. The number of ether oxygens (including phenoxy) is 1. The molecule has 1 N–H and O–H groups in total. The minimum absolute atomic E-state index is 0.0952. The zero-order valence-electron chi connectivity index (χ0n) is 12.3. The molecule has 108 valence electrons. The highest BCUT2D eigenvalue weighted by Crippen LogP contribution is 2.33. The molecule has 2 aromatic rings. The van der Waals surface area contributed by atoms with E-state index in [0.717, 1.165) is 30.2 Å². The quantitative estimate of drug-likeness (QED) is 0.836. The van der Waals surface area contributed by atoms with Gasteiger partial charge in [-0.05, 0) is 13.0 Å². The van der Waals surface area contributed by atoms with Gasteiger partial charge >= 0.3 is 0 Å². The first-order chi connectivity index (χ1) is 9.80. The molecule has 1 aromatic heterocycles. The number of rotatable bonds is 7. The van der Waals surface area contributed by atoms with Crippen LogP contribution in [0.4, 0.5) is 0 Å². The summed E-state index contributed by atoms with van der Waals surface area (Å²) < 4.78 is 5.52. The molecule has 0 aliphatic heterocycles. The van der Waals surface area contributed by atoms with Gasteiger partial charge in [-0.25, -0.2) is 4.98 Å². The first kappa shape index (κ1) is 15.2. The Balaban J connectivity index is 2.37. The average molecular weight is 290 g/mol. The second kappa shape index (κ2) is 7.53. The standard InChI is InChI=1S/C16H22N2OS/c1-4-13(19-3)16-18-15(12-9-7-6-8-10-12)14(20-16)11-17-5-2/h6-10,13,17H,4-5,11H2,1-3H3. The highest BCUT2D eigenvalue weighted by molar-refractivity contribution is 7.12. The normalized spacial score (nSPS) is 12.6. The zero-order chi connectivity index (χ0) is 14.4. The van der Waals surface area contributed by atoms with E-state index >= 15 is 0 Å². The van der Waals surface area contributed by atoms with Crippen LogP contribution in [0.2, 0.25) is 0 Å². The van der Waals surface area contributed by atoms with E-state index in [1.807, 2.05) is 6.07 Å². The molecule has 20 heavy (non-hydrogen) atoms. The zero-order valence-corrected chi connectivity index (χ0v) is 13.2. The number of benzene rings is 1. The molecule has 0 saturated heterocycles. The van der Waals surface area contributed by atoms with Crippen molar-refractivity contribution in [3.05, 3.63) is 40.2 Å². The molecule has 0 bridgehead atoms. The summed E-state index contributed by atoms with van der Waals surface area (Å²) in [6, 6.07) is 10.4. The van der Waals surface area contributed by atoms with Gasteiger partial charge in [0, 0.05) is 24.1 Å². The Hall–Kier alpha value is -1.23. The van der Waals surface area contributed by atoms with Gasteiger partial charge < -0.3 is 10.1 Å². The van der Waals surface area contributed by atoms with Crippen LogP contribution in [0.3, 0.4) is 0 Å². The number of thiazole rings is 1. The molecular weight excluding hydrogens is 268 g/mol. The van der Waals surface area contributed by atoms with Crippen LogP contribution in [0.5, 0.6) is 0 Å². The molecule has 1 heterocycles. The summed E-state index contributed by atoms with van der Waals surface area (Å²) in [5.74, 6) is 0. The molecule has 1 atom stereocenters. The molecule has 4 heteroatoms. The molecule has 0 amide bonds. The number of aromatic nitrogens is 1. The van der Waals surface area contributed by atoms with Gasteiger partial charge in [-0.3, -0.25) is 0 Å². The van der Waals surface area contributed by atoms with Crippen LogP contribution >= 0.6 is 11.3 Å². The molecule has 0 aliphatic rings. The molecule has 0 fully saturated rings. The van der Waals surface area contributed by atoms with Crippen LogP contribution in [0, 0.1) is 0 Å². The number of hydrogen-bond donors (Lipinski definition) is 1. The van der Waals surface area contributed by atoms with Crippen LogP contribution in [-0.2, 0) is 11.3 Å². The third kappa shape index (κ3) is 3.45. The Bertz CT molecular complexity index is 521. The van der Waals surface area contributed by atoms with Crippen LogP contribution < -0.4 is 5.32 Å². The maximum absolute atomic E-state index is 5.52. The van der Waals surface area contributed by atoms with Gasteiger partial charge in [-0.1, -0.05) is 44.2 Å². The number of nitrogens with one attached hydrogen (secondary N) is 1. The van der Waals surface area contributed by atoms with Gasteiger partial charge in [-0.2, -0.15) is 0 Å². The fraction of sp³-hybridized carbons (Fsp3) is 0.438. The van der Waals surface area contributed by atoms with Crippen molar-refractivity contribution in [2.45, 2.75) is 32.9 Å². The first-order valence-corrected chi connectivity index (χ1v) is 7.90. The van der Waals surface area contributed by atoms with E-state index in [2.05, 4.69) is 43.4 Å². The van der Waals surface area contributed by atoms with E-state index in [1.165, 1.54) is 10.4 Å². The molecular formula is C16H22N2OS. The number of methoxy groups -OCH3 is 1. The van der Waals surface area contributed by atoms with Crippen molar-refractivity contribution in [1.29, 1.82) is 0 Å². The van der Waals surface area contributed by atoms with Crippen LogP contribution in [0.25, 0.3) is 11.3 Å². The van der Waals surface area contributed by atoms with Gasteiger partial charge in [0.1, 0.15) is 11.1 Å². The topological polar surface area (TPSA) is 34.1 Å². The van der Waals surface area contributed by atoms with Gasteiger partial charge in [-0.15, -0.1) is 11.3 Å². The van der Waals surface area contributed by atoms with Gasteiger partial charge in [0.15, 0.2) is 0 Å². The second-order valence-electron chi connectivity index (χ2n) is 4.60. The third-order valence-electron chi connectivity index (χ3n) is 3.23. The van der Waals surface area contributed by atoms with E-state index in [4.69, 9.17) is 9.72 Å². The van der Waals surface area contributed by atoms with Crippen molar-refractivity contribution >= 4 is 11.3 Å². The molecule has 0 spiro atoms.